The number of para-hydroxylation sites is 1. The number of amides is 1. The molecular formula is C16H19N3O. The van der Waals surface area contributed by atoms with E-state index >= 15 is 0 Å². The van der Waals surface area contributed by atoms with Gasteiger partial charge in [0.15, 0.2) is 0 Å². The maximum Gasteiger partial charge on any atom is 0.253 e. The van der Waals surface area contributed by atoms with Gasteiger partial charge in [0.25, 0.3) is 5.91 Å². The van der Waals surface area contributed by atoms with Crippen LogP contribution < -0.4 is 16.6 Å². The number of hydrazine groups is 1. The quantitative estimate of drug-likeness (QED) is 0.577. The van der Waals surface area contributed by atoms with Crippen molar-refractivity contribution in [3.05, 3.63) is 65.2 Å². The van der Waals surface area contributed by atoms with Crippen molar-refractivity contribution < 1.29 is 4.79 Å². The Balaban J connectivity index is 2.09. The molecule has 0 radical (unpaired) electrons. The molecule has 1 amide bonds. The Bertz CT molecular complexity index is 596. The van der Waals surface area contributed by atoms with E-state index in [2.05, 4.69) is 23.7 Å². The molecule has 0 saturated heterocycles. The van der Waals surface area contributed by atoms with E-state index in [1.807, 2.05) is 30.3 Å². The lowest BCUT2D eigenvalue weighted by Gasteiger charge is -2.11. The minimum absolute atomic E-state index is 0.135. The summed E-state index contributed by atoms with van der Waals surface area (Å²) in [6.07, 6.45) is 0.951. The normalized spacial score (nSPS) is 10.1. The fourth-order valence-corrected chi connectivity index (χ4v) is 2.15. The van der Waals surface area contributed by atoms with Gasteiger partial charge in [0.2, 0.25) is 0 Å². The van der Waals surface area contributed by atoms with Crippen molar-refractivity contribution in [2.24, 2.45) is 5.84 Å². The van der Waals surface area contributed by atoms with Crippen LogP contribution in [0.15, 0.2) is 48.5 Å². The Labute approximate surface area is 119 Å². The predicted octanol–water partition coefficient (Wildman–Crippen LogP) is 2.46. The summed E-state index contributed by atoms with van der Waals surface area (Å²) in [5.41, 5.74) is 6.09. The molecule has 0 atom stereocenters. The number of nitrogen functional groups attached to an aromatic ring is 1. The van der Waals surface area contributed by atoms with Crippen LogP contribution >= 0.6 is 0 Å². The standard InChI is InChI=1S/C16H19N3O/c1-2-12-7-3-4-8-13(12)11-18-16(20)14-9-5-6-10-15(14)19-17/h3-10,19H,2,11,17H2,1H3,(H,18,20). The molecule has 0 aliphatic heterocycles. The largest absolute Gasteiger partial charge is 0.348 e. The highest BCUT2D eigenvalue weighted by atomic mass is 16.1. The Hall–Kier alpha value is -2.33. The van der Waals surface area contributed by atoms with Crippen LogP contribution in [0.1, 0.15) is 28.4 Å². The number of hydrogen-bond donors (Lipinski definition) is 3. The summed E-state index contributed by atoms with van der Waals surface area (Å²) >= 11 is 0. The number of benzene rings is 2. The first-order valence-electron chi connectivity index (χ1n) is 6.67. The third-order valence-electron chi connectivity index (χ3n) is 3.27. The van der Waals surface area contributed by atoms with Crippen LogP contribution in [0.3, 0.4) is 0 Å². The highest BCUT2D eigenvalue weighted by Gasteiger charge is 2.10. The molecule has 0 saturated carbocycles. The number of nitrogens with two attached hydrogens (primary N) is 1. The SMILES string of the molecule is CCc1ccccc1CNC(=O)c1ccccc1NN. The summed E-state index contributed by atoms with van der Waals surface area (Å²) in [7, 11) is 0. The van der Waals surface area contributed by atoms with Crippen LogP contribution in [-0.4, -0.2) is 5.91 Å². The van der Waals surface area contributed by atoms with Crippen LogP contribution in [0.5, 0.6) is 0 Å². The van der Waals surface area contributed by atoms with Crippen molar-refractivity contribution in [3.63, 3.8) is 0 Å². The first kappa shape index (κ1) is 14.1. The predicted molar refractivity (Wildman–Crippen MR) is 81.2 cm³/mol. The van der Waals surface area contributed by atoms with Crippen LogP contribution in [0.2, 0.25) is 0 Å². The molecule has 0 aliphatic rings. The molecule has 0 fully saturated rings. The van der Waals surface area contributed by atoms with E-state index in [1.54, 1.807) is 12.1 Å². The van der Waals surface area contributed by atoms with E-state index in [9.17, 15) is 4.79 Å². The highest BCUT2D eigenvalue weighted by molar-refractivity contribution is 5.99. The number of nitrogens with one attached hydrogen (secondary N) is 2. The van der Waals surface area contributed by atoms with Gasteiger partial charge in [-0.15, -0.1) is 0 Å². The molecule has 2 aromatic rings. The molecule has 0 bridgehead atoms. The molecule has 4 N–H and O–H groups in total. The molecule has 0 aliphatic carbocycles. The molecule has 104 valence electrons. The van der Waals surface area contributed by atoms with Gasteiger partial charge in [-0.05, 0) is 29.7 Å². The van der Waals surface area contributed by atoms with Crippen molar-refractivity contribution >= 4 is 11.6 Å². The molecule has 0 heterocycles. The number of carbonyl (C=O) groups excluding carboxylic acids is 1. The van der Waals surface area contributed by atoms with E-state index in [0.29, 0.717) is 17.8 Å². The van der Waals surface area contributed by atoms with Gasteiger partial charge < -0.3 is 10.7 Å². The summed E-state index contributed by atoms with van der Waals surface area (Å²) in [5.74, 6) is 5.28. The molecule has 2 aromatic carbocycles. The monoisotopic (exact) mass is 269 g/mol. The number of rotatable bonds is 5. The Morgan fingerprint density at radius 1 is 1.05 bits per heavy atom. The van der Waals surface area contributed by atoms with Crippen LogP contribution in [0.25, 0.3) is 0 Å². The minimum Gasteiger partial charge on any atom is -0.348 e. The molecule has 2 rings (SSSR count). The van der Waals surface area contributed by atoms with Gasteiger partial charge in [-0.3, -0.25) is 10.6 Å². The number of anilines is 1. The van der Waals surface area contributed by atoms with Crippen molar-refractivity contribution in [3.8, 4) is 0 Å². The molecular weight excluding hydrogens is 250 g/mol. The van der Waals surface area contributed by atoms with Crippen LogP contribution in [0, 0.1) is 0 Å². The fraction of sp³-hybridized carbons (Fsp3) is 0.188. The fourth-order valence-electron chi connectivity index (χ4n) is 2.15. The Kier molecular flexibility index (Phi) is 4.74. The summed E-state index contributed by atoms with van der Waals surface area (Å²) in [5, 5.41) is 2.93. The van der Waals surface area contributed by atoms with E-state index < -0.39 is 0 Å². The van der Waals surface area contributed by atoms with Crippen LogP contribution in [-0.2, 0) is 13.0 Å². The average molecular weight is 269 g/mol. The second-order valence-electron chi connectivity index (χ2n) is 4.49. The Morgan fingerprint density at radius 2 is 1.70 bits per heavy atom. The van der Waals surface area contributed by atoms with Gasteiger partial charge in [-0.2, -0.15) is 0 Å². The lowest BCUT2D eigenvalue weighted by molar-refractivity contribution is 0.0951. The molecule has 0 spiro atoms. The summed E-state index contributed by atoms with van der Waals surface area (Å²) in [6, 6.07) is 15.3. The van der Waals surface area contributed by atoms with E-state index in [1.165, 1.54) is 5.56 Å². The third kappa shape index (κ3) is 3.16. The van der Waals surface area contributed by atoms with Crippen molar-refractivity contribution in [1.29, 1.82) is 0 Å². The average Bonchev–Trinajstić information content (AvgIpc) is 2.52. The van der Waals surface area contributed by atoms with E-state index in [0.717, 1.165) is 12.0 Å². The van der Waals surface area contributed by atoms with Crippen molar-refractivity contribution in [2.45, 2.75) is 19.9 Å². The van der Waals surface area contributed by atoms with E-state index in [-0.39, 0.29) is 5.91 Å². The summed E-state index contributed by atoms with van der Waals surface area (Å²) in [4.78, 5) is 12.2. The van der Waals surface area contributed by atoms with Gasteiger partial charge in [0.05, 0.1) is 11.3 Å². The molecule has 20 heavy (non-hydrogen) atoms. The maximum atomic E-state index is 12.2. The molecule has 4 heteroatoms. The van der Waals surface area contributed by atoms with Gasteiger partial charge >= 0.3 is 0 Å². The molecule has 0 unspecified atom stereocenters. The first-order chi connectivity index (χ1) is 9.76. The summed E-state index contributed by atoms with van der Waals surface area (Å²) < 4.78 is 0. The smallest absolute Gasteiger partial charge is 0.253 e. The van der Waals surface area contributed by atoms with Gasteiger partial charge in [-0.25, -0.2) is 0 Å². The number of aryl methyl sites for hydroxylation is 1. The van der Waals surface area contributed by atoms with Crippen molar-refractivity contribution in [2.75, 3.05) is 5.43 Å². The second kappa shape index (κ2) is 6.73. The van der Waals surface area contributed by atoms with Gasteiger partial charge in [0, 0.05) is 6.54 Å². The van der Waals surface area contributed by atoms with Crippen LogP contribution in [0.4, 0.5) is 5.69 Å². The summed E-state index contributed by atoms with van der Waals surface area (Å²) in [6.45, 7) is 2.62. The number of carbonyl (C=O) groups is 1. The molecule has 4 nitrogen and oxygen atoms in total. The maximum absolute atomic E-state index is 12.2. The minimum atomic E-state index is -0.135. The van der Waals surface area contributed by atoms with Crippen molar-refractivity contribution in [1.82, 2.24) is 5.32 Å². The van der Waals surface area contributed by atoms with Gasteiger partial charge in [0.1, 0.15) is 0 Å². The zero-order valence-electron chi connectivity index (χ0n) is 11.5. The van der Waals surface area contributed by atoms with Gasteiger partial charge in [-0.1, -0.05) is 43.3 Å². The zero-order valence-corrected chi connectivity index (χ0v) is 11.5. The lowest BCUT2D eigenvalue weighted by atomic mass is 10.1. The zero-order chi connectivity index (χ0) is 14.4. The Morgan fingerprint density at radius 3 is 2.40 bits per heavy atom. The number of hydrogen-bond acceptors (Lipinski definition) is 3. The first-order valence-corrected chi connectivity index (χ1v) is 6.67. The highest BCUT2D eigenvalue weighted by Crippen LogP contribution is 2.14. The topological polar surface area (TPSA) is 67.2 Å². The van der Waals surface area contributed by atoms with E-state index in [4.69, 9.17) is 5.84 Å². The third-order valence-corrected chi connectivity index (χ3v) is 3.27. The molecule has 0 aromatic heterocycles. The lowest BCUT2D eigenvalue weighted by Crippen LogP contribution is -2.25. The second-order valence-corrected chi connectivity index (χ2v) is 4.49.